The second-order valence-corrected chi connectivity index (χ2v) is 7.70. The van der Waals surface area contributed by atoms with Gasteiger partial charge in [-0.05, 0) is 56.9 Å². The number of hydrogen-bond donors (Lipinski definition) is 1. The molecule has 1 heterocycles. The van der Waals surface area contributed by atoms with Crippen molar-refractivity contribution in [3.63, 3.8) is 0 Å². The Kier molecular flexibility index (Phi) is 10.1. The van der Waals surface area contributed by atoms with Crippen molar-refractivity contribution in [2.75, 3.05) is 13.2 Å². The van der Waals surface area contributed by atoms with Crippen molar-refractivity contribution in [2.45, 2.75) is 53.5 Å². The molecule has 0 aliphatic heterocycles. The van der Waals surface area contributed by atoms with Crippen molar-refractivity contribution in [3.05, 3.63) is 57.2 Å². The highest BCUT2D eigenvalue weighted by atomic mass is 16.6. The third kappa shape index (κ3) is 6.76. The first-order chi connectivity index (χ1) is 16.8. The van der Waals surface area contributed by atoms with Gasteiger partial charge in [0.05, 0.1) is 25.5 Å². The van der Waals surface area contributed by atoms with Crippen LogP contribution in [0.5, 0.6) is 5.88 Å². The highest BCUT2D eigenvalue weighted by Crippen LogP contribution is 2.34. The monoisotopic (exact) mass is 482 g/mol. The second kappa shape index (κ2) is 13.0. The number of pyridine rings is 1. The lowest BCUT2D eigenvalue weighted by Crippen LogP contribution is -2.30. The Morgan fingerprint density at radius 3 is 2.37 bits per heavy atom. The van der Waals surface area contributed by atoms with E-state index in [1.165, 1.54) is 6.92 Å². The number of ether oxygens (including phenoxy) is 2. The third-order valence-electron chi connectivity index (χ3n) is 5.23. The van der Waals surface area contributed by atoms with E-state index in [4.69, 9.17) is 16.0 Å². The fourth-order valence-corrected chi connectivity index (χ4v) is 3.41. The van der Waals surface area contributed by atoms with E-state index in [-0.39, 0.29) is 49.0 Å². The van der Waals surface area contributed by atoms with Crippen LogP contribution in [0.4, 0.5) is 17.1 Å². The summed E-state index contributed by atoms with van der Waals surface area (Å²) >= 11 is 0. The quantitative estimate of drug-likeness (QED) is 0.210. The van der Waals surface area contributed by atoms with E-state index in [0.717, 1.165) is 11.0 Å². The van der Waals surface area contributed by atoms with Gasteiger partial charge in [0.1, 0.15) is 5.69 Å². The Bertz CT molecular complexity index is 1180. The van der Waals surface area contributed by atoms with Gasteiger partial charge in [0.25, 0.3) is 5.56 Å². The first kappa shape index (κ1) is 27.2. The summed E-state index contributed by atoms with van der Waals surface area (Å²) in [6.07, 6.45) is 1.50. The molecule has 2 rings (SSSR count). The van der Waals surface area contributed by atoms with Crippen LogP contribution in [-0.4, -0.2) is 34.8 Å². The summed E-state index contributed by atoms with van der Waals surface area (Å²) in [6.45, 7) is 14.7. The molecular formula is C25H30N4O6. The van der Waals surface area contributed by atoms with E-state index >= 15 is 0 Å². The number of rotatable bonds is 11. The van der Waals surface area contributed by atoms with Crippen molar-refractivity contribution >= 4 is 29.0 Å². The number of hydrogen-bond acceptors (Lipinski definition) is 8. The molecule has 0 aliphatic carbocycles. The van der Waals surface area contributed by atoms with E-state index in [0.29, 0.717) is 17.7 Å². The smallest absolute Gasteiger partial charge is 0.320 e. The summed E-state index contributed by atoms with van der Waals surface area (Å²) in [6, 6.07) is 6.70. The van der Waals surface area contributed by atoms with Gasteiger partial charge >= 0.3 is 11.9 Å². The van der Waals surface area contributed by atoms with Gasteiger partial charge in [0.2, 0.25) is 5.69 Å². The Hall–Kier alpha value is -4.00. The third-order valence-corrected chi connectivity index (χ3v) is 5.23. The van der Waals surface area contributed by atoms with Crippen molar-refractivity contribution in [3.8, 4) is 5.88 Å². The maximum Gasteiger partial charge on any atom is 0.320 e. The number of nitrogens with zero attached hydrogens (tertiary/aromatic N) is 4. The summed E-state index contributed by atoms with van der Waals surface area (Å²) in [5.41, 5.74) is 0.620. The number of azo groups is 1. The van der Waals surface area contributed by atoms with Gasteiger partial charge in [0.15, 0.2) is 11.8 Å². The number of benzene rings is 1. The maximum atomic E-state index is 12.9. The highest BCUT2D eigenvalue weighted by molar-refractivity contribution is 5.95. The predicted octanol–water partition coefficient (Wildman–Crippen LogP) is 4.91. The van der Waals surface area contributed by atoms with Crippen LogP contribution in [0.2, 0.25) is 0 Å². The number of carbonyl (C=O) groups excluding carboxylic acids is 2. The van der Waals surface area contributed by atoms with Gasteiger partial charge in [-0.1, -0.05) is 25.5 Å². The van der Waals surface area contributed by atoms with E-state index in [9.17, 15) is 19.5 Å². The standard InChI is InChI=1S/C25H30N4O6/c1-6-9-13-29-22(30)20(26-5)16(4)21(23(29)31)28-27-18-12-10-11-17(14-18)15-19(24(32)34-7-2)25(33)35-8-3/h10-12,14,19,30H,6-9,13,15H2,1-4H3. The Balaban J connectivity index is 2.40. The zero-order chi connectivity index (χ0) is 26.0. The molecule has 0 saturated carbocycles. The molecular weight excluding hydrogens is 452 g/mol. The maximum absolute atomic E-state index is 12.9. The van der Waals surface area contributed by atoms with Crippen molar-refractivity contribution < 1.29 is 24.2 Å². The minimum atomic E-state index is -1.12. The number of unbranched alkanes of at least 4 members (excludes halogenated alkanes) is 1. The minimum absolute atomic E-state index is 0.0359. The molecule has 2 aromatic rings. The fourth-order valence-electron chi connectivity index (χ4n) is 3.41. The number of aromatic nitrogens is 1. The lowest BCUT2D eigenvalue weighted by molar-refractivity contribution is -0.161. The molecule has 1 N–H and O–H groups in total. The van der Waals surface area contributed by atoms with E-state index < -0.39 is 23.4 Å². The van der Waals surface area contributed by atoms with Crippen LogP contribution < -0.4 is 5.56 Å². The Labute approximate surface area is 204 Å². The van der Waals surface area contributed by atoms with E-state index in [1.807, 2.05) is 6.92 Å². The normalized spacial score (nSPS) is 11.0. The average molecular weight is 483 g/mol. The van der Waals surface area contributed by atoms with Crippen LogP contribution in [0.15, 0.2) is 39.3 Å². The van der Waals surface area contributed by atoms with Crippen LogP contribution in [0.3, 0.4) is 0 Å². The molecule has 0 aliphatic rings. The molecule has 0 saturated heterocycles. The molecule has 10 heteroatoms. The van der Waals surface area contributed by atoms with Crippen LogP contribution in [-0.2, 0) is 32.0 Å². The fraction of sp³-hybridized carbons (Fsp3) is 0.440. The molecule has 1 aromatic heterocycles. The summed E-state index contributed by atoms with van der Waals surface area (Å²) in [5.74, 6) is -2.83. The second-order valence-electron chi connectivity index (χ2n) is 7.70. The van der Waals surface area contributed by atoms with Crippen molar-refractivity contribution in [1.29, 1.82) is 0 Å². The Morgan fingerprint density at radius 1 is 1.14 bits per heavy atom. The van der Waals surface area contributed by atoms with Crippen molar-refractivity contribution in [1.82, 2.24) is 4.57 Å². The predicted molar refractivity (Wildman–Crippen MR) is 129 cm³/mol. The number of aromatic hydroxyl groups is 1. The average Bonchev–Trinajstić information content (AvgIpc) is 2.83. The first-order valence-electron chi connectivity index (χ1n) is 11.5. The SMILES string of the molecule is [C-]#[N+]c1c(C)c(N=Nc2cccc(CC(C(=O)OCC)C(=O)OCC)c2)c(=O)n(CCCC)c1O. The van der Waals surface area contributed by atoms with Gasteiger partial charge in [-0.3, -0.25) is 19.0 Å². The summed E-state index contributed by atoms with van der Waals surface area (Å²) in [7, 11) is 0. The van der Waals surface area contributed by atoms with Crippen LogP contribution in [0.25, 0.3) is 4.85 Å². The van der Waals surface area contributed by atoms with Gasteiger partial charge in [-0.15, -0.1) is 5.11 Å². The molecule has 0 bridgehead atoms. The highest BCUT2D eigenvalue weighted by Gasteiger charge is 2.29. The zero-order valence-electron chi connectivity index (χ0n) is 20.4. The molecule has 0 spiro atoms. The lowest BCUT2D eigenvalue weighted by atomic mass is 9.99. The largest absolute Gasteiger partial charge is 0.503 e. The first-order valence-corrected chi connectivity index (χ1v) is 11.5. The van der Waals surface area contributed by atoms with Gasteiger partial charge in [-0.2, -0.15) is 5.11 Å². The molecule has 35 heavy (non-hydrogen) atoms. The van der Waals surface area contributed by atoms with Crippen molar-refractivity contribution in [2.24, 2.45) is 16.1 Å². The molecule has 186 valence electrons. The molecule has 0 radical (unpaired) electrons. The van der Waals surface area contributed by atoms with Crippen LogP contribution >= 0.6 is 0 Å². The Morgan fingerprint density at radius 2 is 1.80 bits per heavy atom. The molecule has 0 fully saturated rings. The molecule has 0 unspecified atom stereocenters. The van der Waals surface area contributed by atoms with Gasteiger partial charge in [-0.25, -0.2) is 4.85 Å². The van der Waals surface area contributed by atoms with E-state index in [1.54, 1.807) is 38.1 Å². The zero-order valence-corrected chi connectivity index (χ0v) is 20.4. The van der Waals surface area contributed by atoms with E-state index in [2.05, 4.69) is 15.1 Å². The van der Waals surface area contributed by atoms with Crippen LogP contribution in [0, 0.1) is 19.4 Å². The van der Waals surface area contributed by atoms with Gasteiger partial charge in [0, 0.05) is 6.54 Å². The molecule has 10 nitrogen and oxygen atoms in total. The summed E-state index contributed by atoms with van der Waals surface area (Å²) < 4.78 is 11.2. The lowest BCUT2D eigenvalue weighted by Gasteiger charge is -2.14. The number of esters is 2. The number of carbonyl (C=O) groups is 2. The summed E-state index contributed by atoms with van der Waals surface area (Å²) in [4.78, 5) is 40.9. The molecule has 1 aromatic carbocycles. The van der Waals surface area contributed by atoms with Crippen LogP contribution in [0.1, 0.15) is 44.7 Å². The molecule has 0 atom stereocenters. The van der Waals surface area contributed by atoms with Gasteiger partial charge < -0.3 is 14.6 Å². The topological polar surface area (TPSA) is 124 Å². The summed E-state index contributed by atoms with van der Waals surface area (Å²) in [5, 5.41) is 18.6. The molecule has 0 amide bonds. The minimum Gasteiger partial charge on any atom is -0.503 e.